The van der Waals surface area contributed by atoms with Crippen molar-refractivity contribution in [1.82, 2.24) is 0 Å². The normalized spacial score (nSPS) is 16.1. The summed E-state index contributed by atoms with van der Waals surface area (Å²) in [6.45, 7) is 3.83. The molecule has 0 bridgehead atoms. The van der Waals surface area contributed by atoms with E-state index in [0.717, 1.165) is 17.7 Å². The van der Waals surface area contributed by atoms with E-state index in [-0.39, 0.29) is 24.1 Å². The molecule has 3 aromatic rings. The number of ether oxygens (including phenoxy) is 1. The summed E-state index contributed by atoms with van der Waals surface area (Å²) in [6.07, 6.45) is 0.806. The van der Waals surface area contributed by atoms with Crippen molar-refractivity contribution in [3.05, 3.63) is 89.5 Å². The maximum atomic E-state index is 13.4. The lowest BCUT2D eigenvalue weighted by molar-refractivity contribution is -0.132. The van der Waals surface area contributed by atoms with Gasteiger partial charge in [-0.15, -0.1) is 0 Å². The van der Waals surface area contributed by atoms with Gasteiger partial charge in [-0.25, -0.2) is 0 Å². The van der Waals surface area contributed by atoms with Gasteiger partial charge in [-0.3, -0.25) is 19.3 Å². The Morgan fingerprint density at radius 3 is 2.42 bits per heavy atom. The Morgan fingerprint density at radius 1 is 0.909 bits per heavy atom. The van der Waals surface area contributed by atoms with Gasteiger partial charge in [0.05, 0.1) is 12.2 Å². The number of fused-ring (bicyclic) bond motifs is 2. The van der Waals surface area contributed by atoms with Crippen molar-refractivity contribution in [2.45, 2.75) is 25.9 Å². The van der Waals surface area contributed by atoms with Crippen molar-refractivity contribution >= 4 is 29.0 Å². The molecule has 0 spiro atoms. The van der Waals surface area contributed by atoms with Crippen molar-refractivity contribution in [2.24, 2.45) is 0 Å². The number of benzene rings is 3. The van der Waals surface area contributed by atoms with Crippen LogP contribution in [0.25, 0.3) is 0 Å². The summed E-state index contributed by atoms with van der Waals surface area (Å²) < 4.78 is 5.94. The van der Waals surface area contributed by atoms with E-state index in [1.807, 2.05) is 30.3 Å². The van der Waals surface area contributed by atoms with E-state index in [4.69, 9.17) is 4.74 Å². The Morgan fingerprint density at radius 2 is 1.64 bits per heavy atom. The van der Waals surface area contributed by atoms with Crippen LogP contribution in [0.1, 0.15) is 40.1 Å². The molecule has 0 radical (unpaired) electrons. The molecular formula is C27H24N2O4. The Bertz CT molecular complexity index is 1270. The summed E-state index contributed by atoms with van der Waals surface area (Å²) in [5.41, 5.74) is 2.32. The van der Waals surface area contributed by atoms with Crippen LogP contribution < -0.4 is 14.5 Å². The largest absolute Gasteiger partial charge is 0.476 e. The van der Waals surface area contributed by atoms with Crippen molar-refractivity contribution in [3.8, 4) is 5.75 Å². The van der Waals surface area contributed by atoms with E-state index in [0.29, 0.717) is 29.1 Å². The number of amides is 2. The fourth-order valence-electron chi connectivity index (χ4n) is 4.42. The molecule has 0 saturated heterocycles. The van der Waals surface area contributed by atoms with Crippen LogP contribution in [0.2, 0.25) is 0 Å². The molecule has 166 valence electrons. The molecule has 5 rings (SSSR count). The first-order valence-corrected chi connectivity index (χ1v) is 11.0. The molecule has 0 atom stereocenters. The predicted octanol–water partition coefficient (Wildman–Crippen LogP) is 4.28. The highest BCUT2D eigenvalue weighted by Crippen LogP contribution is 2.39. The van der Waals surface area contributed by atoms with Crippen molar-refractivity contribution in [2.75, 3.05) is 22.9 Å². The van der Waals surface area contributed by atoms with E-state index >= 15 is 0 Å². The molecule has 6 heteroatoms. The quantitative estimate of drug-likeness (QED) is 0.568. The first kappa shape index (κ1) is 20.9. The van der Waals surface area contributed by atoms with Gasteiger partial charge in [0.1, 0.15) is 5.75 Å². The van der Waals surface area contributed by atoms with Gasteiger partial charge in [-0.1, -0.05) is 48.5 Å². The first-order valence-electron chi connectivity index (χ1n) is 11.0. The number of para-hydroxylation sites is 1. The number of carbonyl (C=O) groups excluding carboxylic acids is 3. The zero-order chi connectivity index (χ0) is 23.2. The van der Waals surface area contributed by atoms with Crippen LogP contribution in [-0.2, 0) is 11.2 Å². The molecule has 2 aliphatic heterocycles. The third kappa shape index (κ3) is 3.67. The van der Waals surface area contributed by atoms with E-state index < -0.39 is 5.60 Å². The third-order valence-corrected chi connectivity index (χ3v) is 6.15. The smallest absolute Gasteiger partial charge is 0.271 e. The Balaban J connectivity index is 1.50. The lowest BCUT2D eigenvalue weighted by Gasteiger charge is -2.38. The zero-order valence-electron chi connectivity index (χ0n) is 18.6. The number of carbonyl (C=O) groups is 3. The lowest BCUT2D eigenvalue weighted by atomic mass is 10.0. The minimum absolute atomic E-state index is 0.132. The summed E-state index contributed by atoms with van der Waals surface area (Å²) in [6, 6.07) is 21.8. The topological polar surface area (TPSA) is 66.9 Å². The summed E-state index contributed by atoms with van der Waals surface area (Å²) in [5, 5.41) is 0. The summed E-state index contributed by atoms with van der Waals surface area (Å²) >= 11 is 0. The van der Waals surface area contributed by atoms with Crippen LogP contribution in [0, 0.1) is 0 Å². The molecule has 0 aliphatic carbocycles. The fourth-order valence-corrected chi connectivity index (χ4v) is 4.42. The Labute approximate surface area is 192 Å². The number of Topliss-reactive ketones (excluding diaryl/α,β-unsaturated/α-hetero) is 1. The number of ketones is 1. The lowest BCUT2D eigenvalue weighted by Crippen LogP contribution is -2.54. The number of nitrogens with zero attached hydrogens (tertiary/aromatic N) is 2. The van der Waals surface area contributed by atoms with Gasteiger partial charge in [0.15, 0.2) is 11.4 Å². The highest BCUT2D eigenvalue weighted by Gasteiger charge is 2.42. The van der Waals surface area contributed by atoms with Gasteiger partial charge in [-0.2, -0.15) is 0 Å². The molecule has 0 aromatic heterocycles. The molecule has 2 amide bonds. The molecular weight excluding hydrogens is 416 g/mol. The van der Waals surface area contributed by atoms with E-state index in [2.05, 4.69) is 0 Å². The molecule has 6 nitrogen and oxygen atoms in total. The minimum atomic E-state index is -1.12. The SMILES string of the molecule is CC1(C)Oc2ccc(C(=O)N3CCc4ccccc43)cc2N(CC(=O)c2ccccc2)C1=O. The number of anilines is 2. The minimum Gasteiger partial charge on any atom is -0.476 e. The third-order valence-electron chi connectivity index (χ3n) is 6.15. The van der Waals surface area contributed by atoms with Gasteiger partial charge < -0.3 is 9.64 Å². The van der Waals surface area contributed by atoms with Gasteiger partial charge >= 0.3 is 0 Å². The number of hydrogen-bond acceptors (Lipinski definition) is 4. The zero-order valence-corrected chi connectivity index (χ0v) is 18.6. The standard InChI is InChI=1S/C27H24N2O4/c1-27(2)26(32)29(17-23(30)19-9-4-3-5-10-19)22-16-20(12-13-24(22)33-27)25(31)28-15-14-18-8-6-7-11-21(18)28/h3-13,16H,14-15,17H2,1-2H3. The second kappa shape index (κ2) is 7.89. The molecule has 0 unspecified atom stereocenters. The molecule has 2 heterocycles. The van der Waals surface area contributed by atoms with Crippen LogP contribution in [0.5, 0.6) is 5.75 Å². The molecule has 0 N–H and O–H groups in total. The number of rotatable bonds is 4. The van der Waals surface area contributed by atoms with Gasteiger partial charge in [-0.05, 0) is 50.1 Å². The van der Waals surface area contributed by atoms with E-state index in [1.165, 1.54) is 4.90 Å². The van der Waals surface area contributed by atoms with Gasteiger partial charge in [0, 0.05) is 23.4 Å². The van der Waals surface area contributed by atoms with Gasteiger partial charge in [0.2, 0.25) is 0 Å². The molecule has 0 saturated carbocycles. The monoisotopic (exact) mass is 440 g/mol. The second-order valence-corrected chi connectivity index (χ2v) is 8.81. The van der Waals surface area contributed by atoms with Gasteiger partial charge in [0.25, 0.3) is 11.8 Å². The maximum Gasteiger partial charge on any atom is 0.271 e. The van der Waals surface area contributed by atoms with Crippen molar-refractivity contribution in [3.63, 3.8) is 0 Å². The second-order valence-electron chi connectivity index (χ2n) is 8.81. The Kier molecular flexibility index (Phi) is 5.01. The van der Waals surface area contributed by atoms with E-state index in [9.17, 15) is 14.4 Å². The first-order chi connectivity index (χ1) is 15.8. The molecule has 2 aliphatic rings. The summed E-state index contributed by atoms with van der Waals surface area (Å²) in [4.78, 5) is 42.7. The fraction of sp³-hybridized carbons (Fsp3) is 0.222. The van der Waals surface area contributed by atoms with Crippen LogP contribution in [0.4, 0.5) is 11.4 Å². The summed E-state index contributed by atoms with van der Waals surface area (Å²) in [5.74, 6) is -0.179. The van der Waals surface area contributed by atoms with Crippen LogP contribution in [0.3, 0.4) is 0 Å². The van der Waals surface area contributed by atoms with E-state index in [1.54, 1.807) is 61.2 Å². The average Bonchev–Trinajstić information content (AvgIpc) is 3.26. The molecule has 3 aromatic carbocycles. The molecule has 0 fully saturated rings. The average molecular weight is 440 g/mol. The maximum absolute atomic E-state index is 13.4. The van der Waals surface area contributed by atoms with Crippen molar-refractivity contribution < 1.29 is 19.1 Å². The highest BCUT2D eigenvalue weighted by atomic mass is 16.5. The van der Waals surface area contributed by atoms with Crippen LogP contribution in [-0.4, -0.2) is 36.3 Å². The predicted molar refractivity (Wildman–Crippen MR) is 126 cm³/mol. The Hall–Kier alpha value is -3.93. The molecule has 33 heavy (non-hydrogen) atoms. The highest BCUT2D eigenvalue weighted by molar-refractivity contribution is 6.12. The van der Waals surface area contributed by atoms with Crippen LogP contribution in [0.15, 0.2) is 72.8 Å². The van der Waals surface area contributed by atoms with Crippen LogP contribution >= 0.6 is 0 Å². The van der Waals surface area contributed by atoms with Crippen molar-refractivity contribution in [1.29, 1.82) is 0 Å². The number of hydrogen-bond donors (Lipinski definition) is 0. The summed E-state index contributed by atoms with van der Waals surface area (Å²) in [7, 11) is 0.